The summed E-state index contributed by atoms with van der Waals surface area (Å²) in [6.45, 7) is 3.85. The highest BCUT2D eigenvalue weighted by Gasteiger charge is 2.16. The van der Waals surface area contributed by atoms with E-state index in [0.717, 1.165) is 4.90 Å². The van der Waals surface area contributed by atoms with Crippen LogP contribution >= 0.6 is 11.8 Å². The number of methoxy groups -OCH3 is 1. The summed E-state index contributed by atoms with van der Waals surface area (Å²) in [6, 6.07) is 12.8. The van der Waals surface area contributed by atoms with Crippen LogP contribution in [-0.4, -0.2) is 31.8 Å². The number of benzene rings is 2. The van der Waals surface area contributed by atoms with Crippen molar-refractivity contribution in [1.82, 2.24) is 0 Å². The van der Waals surface area contributed by atoms with Gasteiger partial charge < -0.3 is 14.8 Å². The fraction of sp³-hybridized carbons (Fsp3) is 0.300. The lowest BCUT2D eigenvalue weighted by Gasteiger charge is -2.11. The van der Waals surface area contributed by atoms with Gasteiger partial charge >= 0.3 is 5.97 Å². The van der Waals surface area contributed by atoms with Gasteiger partial charge in [0.1, 0.15) is 11.3 Å². The van der Waals surface area contributed by atoms with Gasteiger partial charge in [0.15, 0.2) is 6.61 Å². The first-order valence-electron chi connectivity index (χ1n) is 8.23. The molecule has 2 rings (SSSR count). The molecule has 26 heavy (non-hydrogen) atoms. The quantitative estimate of drug-likeness (QED) is 0.578. The fourth-order valence-electron chi connectivity index (χ4n) is 2.32. The van der Waals surface area contributed by atoms with E-state index in [1.54, 1.807) is 30.0 Å². The summed E-state index contributed by atoms with van der Waals surface area (Å²) in [5.41, 5.74) is 2.15. The molecule has 1 N–H and O–H groups in total. The van der Waals surface area contributed by atoms with Crippen LogP contribution in [0.15, 0.2) is 47.4 Å². The molecule has 0 aromatic heterocycles. The van der Waals surface area contributed by atoms with Gasteiger partial charge in [-0.25, -0.2) is 4.79 Å². The molecule has 138 valence electrons. The van der Waals surface area contributed by atoms with E-state index in [1.807, 2.05) is 30.5 Å². The lowest BCUT2D eigenvalue weighted by atomic mass is 10.0. The van der Waals surface area contributed by atoms with Crippen molar-refractivity contribution in [2.24, 2.45) is 0 Å². The van der Waals surface area contributed by atoms with Gasteiger partial charge in [0.05, 0.1) is 7.11 Å². The summed E-state index contributed by atoms with van der Waals surface area (Å²) in [5.74, 6) is -0.144. The van der Waals surface area contributed by atoms with Crippen molar-refractivity contribution in [3.05, 3.63) is 53.6 Å². The number of anilines is 1. The molecule has 5 nitrogen and oxygen atoms in total. The van der Waals surface area contributed by atoms with Crippen LogP contribution < -0.4 is 10.1 Å². The van der Waals surface area contributed by atoms with E-state index in [0.29, 0.717) is 22.9 Å². The Labute approximate surface area is 158 Å². The molecule has 2 aromatic rings. The molecule has 0 atom stereocenters. The number of carbonyl (C=O) groups is 2. The SMILES string of the molecule is COc1cc(SC)ccc1C(=O)OCC(=O)Nc1ccc(C(C)C)cc1. The monoisotopic (exact) mass is 373 g/mol. The number of esters is 1. The third-order valence-electron chi connectivity index (χ3n) is 3.82. The molecule has 0 bridgehead atoms. The molecule has 0 radical (unpaired) electrons. The zero-order chi connectivity index (χ0) is 19.1. The van der Waals surface area contributed by atoms with Gasteiger partial charge in [-0.15, -0.1) is 11.8 Å². The smallest absolute Gasteiger partial charge is 0.342 e. The minimum atomic E-state index is -0.597. The lowest BCUT2D eigenvalue weighted by Crippen LogP contribution is -2.21. The van der Waals surface area contributed by atoms with Crippen LogP contribution in [-0.2, 0) is 9.53 Å². The number of carbonyl (C=O) groups excluding carboxylic acids is 2. The Morgan fingerprint density at radius 3 is 2.38 bits per heavy atom. The Bertz CT molecular complexity index is 772. The summed E-state index contributed by atoms with van der Waals surface area (Å²) in [5, 5.41) is 2.71. The zero-order valence-corrected chi connectivity index (χ0v) is 16.2. The van der Waals surface area contributed by atoms with Crippen molar-refractivity contribution >= 4 is 29.3 Å². The molecule has 1 amide bonds. The second kappa shape index (κ2) is 9.29. The fourth-order valence-corrected chi connectivity index (χ4v) is 2.75. The number of hydrogen-bond donors (Lipinski definition) is 1. The second-order valence-corrected chi connectivity index (χ2v) is 6.85. The minimum Gasteiger partial charge on any atom is -0.496 e. The van der Waals surface area contributed by atoms with Gasteiger partial charge in [-0.05, 0) is 48.1 Å². The molecular formula is C20H23NO4S. The van der Waals surface area contributed by atoms with Crippen molar-refractivity contribution in [3.63, 3.8) is 0 Å². The van der Waals surface area contributed by atoms with Crippen LogP contribution in [0.2, 0.25) is 0 Å². The third kappa shape index (κ3) is 5.26. The van der Waals surface area contributed by atoms with Gasteiger partial charge in [-0.3, -0.25) is 4.79 Å². The van der Waals surface area contributed by atoms with E-state index >= 15 is 0 Å². The molecule has 6 heteroatoms. The van der Waals surface area contributed by atoms with Crippen LogP contribution in [0.25, 0.3) is 0 Å². The van der Waals surface area contributed by atoms with Crippen molar-refractivity contribution in [2.45, 2.75) is 24.7 Å². The number of hydrogen-bond acceptors (Lipinski definition) is 5. The average molecular weight is 373 g/mol. The maximum Gasteiger partial charge on any atom is 0.342 e. The van der Waals surface area contributed by atoms with E-state index in [4.69, 9.17) is 9.47 Å². The summed E-state index contributed by atoms with van der Waals surface area (Å²) in [7, 11) is 1.49. The zero-order valence-electron chi connectivity index (χ0n) is 15.4. The van der Waals surface area contributed by atoms with Gasteiger partial charge in [-0.2, -0.15) is 0 Å². The first-order chi connectivity index (χ1) is 12.4. The average Bonchev–Trinajstić information content (AvgIpc) is 2.65. The van der Waals surface area contributed by atoms with Crippen molar-refractivity contribution in [1.29, 1.82) is 0 Å². The van der Waals surface area contributed by atoms with E-state index in [1.165, 1.54) is 12.7 Å². The summed E-state index contributed by atoms with van der Waals surface area (Å²) < 4.78 is 10.3. The molecule has 2 aromatic carbocycles. The van der Waals surface area contributed by atoms with E-state index in [-0.39, 0.29) is 6.61 Å². The predicted molar refractivity (Wildman–Crippen MR) is 104 cm³/mol. The number of rotatable bonds is 7. The van der Waals surface area contributed by atoms with E-state index in [9.17, 15) is 9.59 Å². The molecule has 0 heterocycles. The van der Waals surface area contributed by atoms with Crippen LogP contribution in [0, 0.1) is 0 Å². The van der Waals surface area contributed by atoms with Crippen molar-refractivity contribution in [3.8, 4) is 5.75 Å². The predicted octanol–water partition coefficient (Wildman–Crippen LogP) is 4.34. The van der Waals surface area contributed by atoms with Crippen molar-refractivity contribution in [2.75, 3.05) is 25.3 Å². The lowest BCUT2D eigenvalue weighted by molar-refractivity contribution is -0.119. The Hall–Kier alpha value is -2.47. The maximum atomic E-state index is 12.2. The van der Waals surface area contributed by atoms with Gasteiger partial charge in [0.25, 0.3) is 5.91 Å². The number of nitrogens with one attached hydrogen (secondary N) is 1. The number of thioether (sulfide) groups is 1. The molecule has 0 saturated carbocycles. The molecule has 0 aliphatic carbocycles. The molecule has 0 unspecified atom stereocenters. The second-order valence-electron chi connectivity index (χ2n) is 5.97. The molecular weight excluding hydrogens is 350 g/mol. The van der Waals surface area contributed by atoms with Crippen LogP contribution in [0.1, 0.15) is 35.7 Å². The van der Waals surface area contributed by atoms with E-state index in [2.05, 4.69) is 19.2 Å². The Balaban J connectivity index is 1.93. The Kier molecular flexibility index (Phi) is 7.09. The van der Waals surface area contributed by atoms with Gasteiger partial charge in [0, 0.05) is 10.6 Å². The molecule has 0 aliphatic heterocycles. The normalized spacial score (nSPS) is 10.5. The molecule has 0 aliphatic rings. The molecule has 0 fully saturated rings. The Morgan fingerprint density at radius 2 is 1.81 bits per heavy atom. The molecule has 0 spiro atoms. The Morgan fingerprint density at radius 1 is 1.12 bits per heavy atom. The third-order valence-corrected chi connectivity index (χ3v) is 4.55. The van der Waals surface area contributed by atoms with Crippen LogP contribution in [0.4, 0.5) is 5.69 Å². The maximum absolute atomic E-state index is 12.2. The largest absolute Gasteiger partial charge is 0.496 e. The summed E-state index contributed by atoms with van der Waals surface area (Å²) in [6.07, 6.45) is 1.94. The minimum absolute atomic E-state index is 0.291. The van der Waals surface area contributed by atoms with Gasteiger partial charge in [-0.1, -0.05) is 26.0 Å². The highest BCUT2D eigenvalue weighted by atomic mass is 32.2. The topological polar surface area (TPSA) is 64.6 Å². The highest BCUT2D eigenvalue weighted by molar-refractivity contribution is 7.98. The van der Waals surface area contributed by atoms with E-state index < -0.39 is 11.9 Å². The van der Waals surface area contributed by atoms with Crippen LogP contribution in [0.5, 0.6) is 5.75 Å². The first kappa shape index (κ1) is 19.8. The summed E-state index contributed by atoms with van der Waals surface area (Å²) >= 11 is 1.54. The van der Waals surface area contributed by atoms with Crippen LogP contribution in [0.3, 0.4) is 0 Å². The number of amides is 1. The highest BCUT2D eigenvalue weighted by Crippen LogP contribution is 2.26. The molecule has 0 saturated heterocycles. The first-order valence-corrected chi connectivity index (χ1v) is 9.46. The number of ether oxygens (including phenoxy) is 2. The van der Waals surface area contributed by atoms with Gasteiger partial charge in [0.2, 0.25) is 0 Å². The summed E-state index contributed by atoms with van der Waals surface area (Å²) in [4.78, 5) is 25.2. The standard InChI is InChI=1S/C20H23NO4S/c1-13(2)14-5-7-15(8-6-14)21-19(22)12-25-20(23)17-10-9-16(26-4)11-18(17)24-3/h5-11,13H,12H2,1-4H3,(H,21,22). The van der Waals surface area contributed by atoms with Crippen molar-refractivity contribution < 1.29 is 19.1 Å².